The van der Waals surface area contributed by atoms with Crippen LogP contribution in [0, 0.1) is 0 Å². The number of thiazole rings is 1. The molecule has 0 aliphatic carbocycles. The molecular weight excluding hydrogens is 334 g/mol. The van der Waals surface area contributed by atoms with Crippen LogP contribution in [-0.2, 0) is 25.5 Å². The van der Waals surface area contributed by atoms with Gasteiger partial charge in [0.25, 0.3) is 5.91 Å². The number of nitrogens with one attached hydrogen (secondary N) is 1. The Morgan fingerprint density at radius 3 is 2.67 bits per heavy atom. The Bertz CT molecular complexity index is 717. The Kier molecular flexibility index (Phi) is 6.38. The Balaban J connectivity index is 1.79. The second-order valence-electron chi connectivity index (χ2n) is 4.49. The van der Waals surface area contributed by atoms with Crippen LogP contribution >= 0.6 is 11.3 Å². The molecule has 126 valence electrons. The maximum Gasteiger partial charge on any atom is 0.338 e. The van der Waals surface area contributed by atoms with E-state index in [0.29, 0.717) is 23.0 Å². The molecule has 0 aliphatic heterocycles. The molecule has 2 aromatic heterocycles. The molecule has 2 aromatic rings. The monoisotopic (exact) mass is 349 g/mol. The largest absolute Gasteiger partial charge is 0.466 e. The van der Waals surface area contributed by atoms with Gasteiger partial charge in [0, 0.05) is 17.8 Å². The van der Waals surface area contributed by atoms with Gasteiger partial charge in [0.15, 0.2) is 11.7 Å². The first kappa shape index (κ1) is 17.5. The molecule has 0 unspecified atom stereocenters. The quantitative estimate of drug-likeness (QED) is 0.754. The van der Waals surface area contributed by atoms with Gasteiger partial charge in [-0.3, -0.25) is 19.9 Å². The van der Waals surface area contributed by atoms with Crippen LogP contribution in [0.2, 0.25) is 0 Å². The summed E-state index contributed by atoms with van der Waals surface area (Å²) in [7, 11) is 0. The van der Waals surface area contributed by atoms with Crippen molar-refractivity contribution in [3.05, 3.63) is 41.2 Å². The summed E-state index contributed by atoms with van der Waals surface area (Å²) in [6, 6.07) is 2.98. The van der Waals surface area contributed by atoms with Gasteiger partial charge in [0.1, 0.15) is 0 Å². The SMILES string of the molecule is CCOC(=O)Cc1csc(NC(=O)COC(=O)c2ccncc2)n1. The van der Waals surface area contributed by atoms with Crippen LogP contribution in [0.4, 0.5) is 5.13 Å². The van der Waals surface area contributed by atoms with E-state index in [4.69, 9.17) is 9.47 Å². The number of carbonyl (C=O) groups is 3. The number of aromatic nitrogens is 2. The van der Waals surface area contributed by atoms with E-state index in [2.05, 4.69) is 15.3 Å². The maximum atomic E-state index is 11.8. The van der Waals surface area contributed by atoms with Gasteiger partial charge in [0.2, 0.25) is 0 Å². The van der Waals surface area contributed by atoms with Crippen LogP contribution in [-0.4, -0.2) is 41.0 Å². The molecule has 1 amide bonds. The summed E-state index contributed by atoms with van der Waals surface area (Å²) in [6.45, 7) is 1.58. The molecule has 0 bridgehead atoms. The zero-order valence-corrected chi connectivity index (χ0v) is 13.7. The molecule has 0 saturated carbocycles. The Hall–Kier alpha value is -2.81. The number of carbonyl (C=O) groups excluding carboxylic acids is 3. The lowest BCUT2D eigenvalue weighted by molar-refractivity contribution is -0.142. The number of anilines is 1. The summed E-state index contributed by atoms with van der Waals surface area (Å²) < 4.78 is 9.71. The van der Waals surface area contributed by atoms with Gasteiger partial charge >= 0.3 is 11.9 Å². The molecule has 24 heavy (non-hydrogen) atoms. The highest BCUT2D eigenvalue weighted by molar-refractivity contribution is 7.13. The van der Waals surface area contributed by atoms with Crippen molar-refractivity contribution in [2.45, 2.75) is 13.3 Å². The number of esters is 2. The number of rotatable bonds is 7. The molecule has 2 heterocycles. The minimum Gasteiger partial charge on any atom is -0.466 e. The van der Waals surface area contributed by atoms with Crippen LogP contribution in [0.1, 0.15) is 23.0 Å². The highest BCUT2D eigenvalue weighted by Gasteiger charge is 2.13. The lowest BCUT2D eigenvalue weighted by Gasteiger charge is -2.04. The predicted molar refractivity (Wildman–Crippen MR) is 85.6 cm³/mol. The molecule has 0 radical (unpaired) electrons. The first-order valence-electron chi connectivity index (χ1n) is 7.05. The van der Waals surface area contributed by atoms with Gasteiger partial charge in [-0.15, -0.1) is 11.3 Å². The van der Waals surface area contributed by atoms with Gasteiger partial charge in [-0.05, 0) is 19.1 Å². The van der Waals surface area contributed by atoms with Crippen LogP contribution in [0.5, 0.6) is 0 Å². The molecule has 0 aliphatic rings. The first-order chi connectivity index (χ1) is 11.6. The van der Waals surface area contributed by atoms with Gasteiger partial charge in [0.05, 0.1) is 24.3 Å². The first-order valence-corrected chi connectivity index (χ1v) is 7.93. The predicted octanol–water partition coefficient (Wildman–Crippen LogP) is 1.44. The minimum atomic E-state index is -0.616. The zero-order chi connectivity index (χ0) is 17.4. The van der Waals surface area contributed by atoms with Crippen molar-refractivity contribution in [2.24, 2.45) is 0 Å². The molecule has 0 saturated heterocycles. The van der Waals surface area contributed by atoms with Crippen molar-refractivity contribution >= 4 is 34.3 Å². The summed E-state index contributed by atoms with van der Waals surface area (Å²) in [5.74, 6) is -1.52. The summed E-state index contributed by atoms with van der Waals surface area (Å²) in [6.07, 6.45) is 2.95. The van der Waals surface area contributed by atoms with Crippen LogP contribution in [0.25, 0.3) is 0 Å². The third kappa shape index (κ3) is 5.43. The fourth-order valence-corrected chi connectivity index (χ4v) is 2.39. The third-order valence-electron chi connectivity index (χ3n) is 2.68. The highest BCUT2D eigenvalue weighted by Crippen LogP contribution is 2.16. The van der Waals surface area contributed by atoms with E-state index in [1.165, 1.54) is 35.9 Å². The van der Waals surface area contributed by atoms with Crippen LogP contribution in [0.15, 0.2) is 29.9 Å². The van der Waals surface area contributed by atoms with Crippen molar-refractivity contribution in [3.63, 3.8) is 0 Å². The number of ether oxygens (including phenoxy) is 2. The van der Waals surface area contributed by atoms with E-state index in [9.17, 15) is 14.4 Å². The van der Waals surface area contributed by atoms with Gasteiger partial charge in [-0.1, -0.05) is 0 Å². The van der Waals surface area contributed by atoms with Crippen molar-refractivity contribution in [2.75, 3.05) is 18.5 Å². The summed E-state index contributed by atoms with van der Waals surface area (Å²) in [5, 5.41) is 4.47. The van der Waals surface area contributed by atoms with Crippen molar-refractivity contribution in [3.8, 4) is 0 Å². The molecule has 0 fully saturated rings. The topological polar surface area (TPSA) is 107 Å². The summed E-state index contributed by atoms with van der Waals surface area (Å²) in [5.41, 5.74) is 0.811. The molecule has 0 aromatic carbocycles. The second kappa shape index (κ2) is 8.73. The molecule has 2 rings (SSSR count). The van der Waals surface area contributed by atoms with Crippen molar-refractivity contribution in [1.29, 1.82) is 0 Å². The number of hydrogen-bond acceptors (Lipinski definition) is 8. The fourth-order valence-electron chi connectivity index (χ4n) is 1.66. The zero-order valence-electron chi connectivity index (χ0n) is 12.9. The highest BCUT2D eigenvalue weighted by atomic mass is 32.1. The van der Waals surface area contributed by atoms with E-state index in [0.717, 1.165) is 0 Å². The second-order valence-corrected chi connectivity index (χ2v) is 5.34. The Morgan fingerprint density at radius 2 is 1.96 bits per heavy atom. The average Bonchev–Trinajstić information content (AvgIpc) is 3.00. The van der Waals surface area contributed by atoms with Crippen molar-refractivity contribution in [1.82, 2.24) is 9.97 Å². The minimum absolute atomic E-state index is 0.0389. The van der Waals surface area contributed by atoms with E-state index >= 15 is 0 Å². The molecule has 9 heteroatoms. The lowest BCUT2D eigenvalue weighted by atomic mass is 10.3. The molecule has 0 spiro atoms. The molecule has 8 nitrogen and oxygen atoms in total. The summed E-state index contributed by atoms with van der Waals surface area (Å²) in [4.78, 5) is 42.7. The van der Waals surface area contributed by atoms with E-state index in [-0.39, 0.29) is 12.4 Å². The lowest BCUT2D eigenvalue weighted by Crippen LogP contribution is -2.21. The van der Waals surface area contributed by atoms with E-state index in [1.54, 1.807) is 12.3 Å². The van der Waals surface area contributed by atoms with Crippen LogP contribution in [0.3, 0.4) is 0 Å². The number of nitrogens with zero attached hydrogens (tertiary/aromatic N) is 2. The summed E-state index contributed by atoms with van der Waals surface area (Å²) >= 11 is 1.17. The number of pyridine rings is 1. The third-order valence-corrected chi connectivity index (χ3v) is 3.49. The standard InChI is InChI=1S/C15H15N3O5S/c1-2-22-13(20)7-11-9-24-15(17-11)18-12(19)8-23-14(21)10-3-5-16-6-4-10/h3-6,9H,2,7-8H2,1H3,(H,17,18,19). The number of amides is 1. The average molecular weight is 349 g/mol. The fraction of sp³-hybridized carbons (Fsp3) is 0.267. The molecular formula is C15H15N3O5S. The maximum absolute atomic E-state index is 11.8. The van der Waals surface area contributed by atoms with Crippen molar-refractivity contribution < 1.29 is 23.9 Å². The Labute approximate surface area is 141 Å². The van der Waals surface area contributed by atoms with E-state index in [1.807, 2.05) is 0 Å². The van der Waals surface area contributed by atoms with Crippen LogP contribution < -0.4 is 5.32 Å². The smallest absolute Gasteiger partial charge is 0.338 e. The van der Waals surface area contributed by atoms with Gasteiger partial charge in [-0.25, -0.2) is 9.78 Å². The number of hydrogen-bond donors (Lipinski definition) is 1. The van der Waals surface area contributed by atoms with Gasteiger partial charge in [-0.2, -0.15) is 0 Å². The van der Waals surface area contributed by atoms with Gasteiger partial charge < -0.3 is 9.47 Å². The Morgan fingerprint density at radius 1 is 1.21 bits per heavy atom. The normalized spacial score (nSPS) is 10.0. The molecule has 1 N–H and O–H groups in total. The van der Waals surface area contributed by atoms with E-state index < -0.39 is 18.5 Å². The molecule has 0 atom stereocenters.